The topological polar surface area (TPSA) is 34.0 Å². The summed E-state index contributed by atoms with van der Waals surface area (Å²) in [6, 6.07) is 9.96. The standard InChI is InChI=1S/C10H12N2O/c1-9(13-11-2)12-8-10-6-4-3-5-7-10/h3-7H,2,8H2,1H3. The molecule has 0 aliphatic rings. The number of hydrogen-bond donors (Lipinski definition) is 0. The van der Waals surface area contributed by atoms with Gasteiger partial charge in [0.2, 0.25) is 5.90 Å². The van der Waals surface area contributed by atoms with Gasteiger partial charge in [0.1, 0.15) is 0 Å². The molecule has 0 N–H and O–H groups in total. The third-order valence-electron chi connectivity index (χ3n) is 1.52. The first-order chi connectivity index (χ1) is 6.33. The van der Waals surface area contributed by atoms with Gasteiger partial charge in [0.05, 0.1) is 6.54 Å². The first-order valence-corrected chi connectivity index (χ1v) is 4.01. The van der Waals surface area contributed by atoms with Crippen LogP contribution in [0.4, 0.5) is 0 Å². The number of oxime groups is 1. The molecule has 0 spiro atoms. The van der Waals surface area contributed by atoms with Gasteiger partial charge in [-0.3, -0.25) is 0 Å². The maximum atomic E-state index is 4.73. The first-order valence-electron chi connectivity index (χ1n) is 4.01. The molecule has 3 heteroatoms. The van der Waals surface area contributed by atoms with Crippen LogP contribution in [-0.4, -0.2) is 12.6 Å². The molecular formula is C10H12N2O. The fourth-order valence-electron chi connectivity index (χ4n) is 0.908. The summed E-state index contributed by atoms with van der Waals surface area (Å²) < 4.78 is 0. The van der Waals surface area contributed by atoms with E-state index in [1.54, 1.807) is 6.92 Å². The fraction of sp³-hybridized carbons (Fsp3) is 0.200. The van der Waals surface area contributed by atoms with E-state index >= 15 is 0 Å². The van der Waals surface area contributed by atoms with Crippen molar-refractivity contribution in [2.24, 2.45) is 10.1 Å². The predicted octanol–water partition coefficient (Wildman–Crippen LogP) is 2.24. The Balaban J connectivity index is 2.51. The Morgan fingerprint density at radius 2 is 2.08 bits per heavy atom. The molecule has 13 heavy (non-hydrogen) atoms. The first kappa shape index (κ1) is 9.45. The summed E-state index contributed by atoms with van der Waals surface area (Å²) in [5.41, 5.74) is 1.15. The maximum absolute atomic E-state index is 4.73. The van der Waals surface area contributed by atoms with Crippen LogP contribution in [-0.2, 0) is 11.4 Å². The molecule has 1 aromatic carbocycles. The van der Waals surface area contributed by atoms with Gasteiger partial charge in [-0.25, -0.2) is 4.99 Å². The van der Waals surface area contributed by atoms with Crippen molar-refractivity contribution >= 4 is 12.6 Å². The Bertz CT molecular complexity index is 293. The SMILES string of the molecule is C=NOC(C)=NCc1ccccc1. The molecular weight excluding hydrogens is 164 g/mol. The summed E-state index contributed by atoms with van der Waals surface area (Å²) in [6.45, 7) is 5.56. The van der Waals surface area contributed by atoms with Gasteiger partial charge in [-0.2, -0.15) is 0 Å². The largest absolute Gasteiger partial charge is 0.343 e. The molecule has 1 rings (SSSR count). The van der Waals surface area contributed by atoms with E-state index in [0.29, 0.717) is 12.4 Å². The Kier molecular flexibility index (Phi) is 3.70. The van der Waals surface area contributed by atoms with E-state index in [2.05, 4.69) is 16.9 Å². The number of rotatable bonds is 3. The molecule has 0 aliphatic heterocycles. The van der Waals surface area contributed by atoms with Crippen LogP contribution in [0.1, 0.15) is 12.5 Å². The minimum atomic E-state index is 0.527. The van der Waals surface area contributed by atoms with Crippen molar-refractivity contribution in [3.05, 3.63) is 35.9 Å². The van der Waals surface area contributed by atoms with Crippen molar-refractivity contribution in [3.8, 4) is 0 Å². The van der Waals surface area contributed by atoms with Crippen LogP contribution in [0.15, 0.2) is 40.5 Å². The maximum Gasteiger partial charge on any atom is 0.217 e. The molecule has 0 heterocycles. The molecule has 0 unspecified atom stereocenters. The number of hydrogen-bond acceptors (Lipinski definition) is 3. The van der Waals surface area contributed by atoms with E-state index in [-0.39, 0.29) is 0 Å². The number of nitrogens with zero attached hydrogens (tertiary/aromatic N) is 2. The van der Waals surface area contributed by atoms with Crippen LogP contribution in [0.25, 0.3) is 0 Å². The zero-order chi connectivity index (χ0) is 9.52. The van der Waals surface area contributed by atoms with E-state index in [1.165, 1.54) is 0 Å². The molecule has 0 atom stereocenters. The average Bonchev–Trinajstić information content (AvgIpc) is 2.17. The van der Waals surface area contributed by atoms with Gasteiger partial charge in [0.15, 0.2) is 0 Å². The quantitative estimate of drug-likeness (QED) is 0.395. The molecule has 0 amide bonds. The highest BCUT2D eigenvalue weighted by molar-refractivity contribution is 5.73. The van der Waals surface area contributed by atoms with E-state index in [4.69, 9.17) is 4.84 Å². The van der Waals surface area contributed by atoms with Crippen molar-refractivity contribution in [1.29, 1.82) is 0 Å². The molecule has 0 saturated heterocycles. The van der Waals surface area contributed by atoms with Gasteiger partial charge in [-0.1, -0.05) is 35.5 Å². The van der Waals surface area contributed by atoms with Crippen molar-refractivity contribution < 1.29 is 4.84 Å². The van der Waals surface area contributed by atoms with Crippen LogP contribution in [0, 0.1) is 0 Å². The van der Waals surface area contributed by atoms with Gasteiger partial charge < -0.3 is 4.84 Å². The van der Waals surface area contributed by atoms with E-state index < -0.39 is 0 Å². The minimum Gasteiger partial charge on any atom is -0.343 e. The van der Waals surface area contributed by atoms with Crippen LogP contribution in [0.2, 0.25) is 0 Å². The highest BCUT2D eigenvalue weighted by atomic mass is 16.6. The van der Waals surface area contributed by atoms with Crippen molar-refractivity contribution in [1.82, 2.24) is 0 Å². The second-order valence-electron chi connectivity index (χ2n) is 2.54. The van der Waals surface area contributed by atoms with Gasteiger partial charge in [-0.05, 0) is 5.56 Å². The smallest absolute Gasteiger partial charge is 0.217 e. The van der Waals surface area contributed by atoms with E-state index in [9.17, 15) is 0 Å². The second kappa shape index (κ2) is 5.09. The Morgan fingerprint density at radius 3 is 2.69 bits per heavy atom. The molecule has 0 saturated carbocycles. The lowest BCUT2D eigenvalue weighted by atomic mass is 10.2. The van der Waals surface area contributed by atoms with Gasteiger partial charge >= 0.3 is 0 Å². The van der Waals surface area contributed by atoms with Gasteiger partial charge in [0.25, 0.3) is 0 Å². The molecule has 0 aromatic heterocycles. The normalized spacial score (nSPS) is 11.0. The lowest BCUT2D eigenvalue weighted by Crippen LogP contribution is -1.93. The minimum absolute atomic E-state index is 0.527. The molecule has 68 valence electrons. The zero-order valence-corrected chi connectivity index (χ0v) is 7.60. The van der Waals surface area contributed by atoms with Gasteiger partial charge in [0, 0.05) is 13.6 Å². The van der Waals surface area contributed by atoms with Gasteiger partial charge in [-0.15, -0.1) is 0 Å². The summed E-state index contributed by atoms with van der Waals surface area (Å²) >= 11 is 0. The number of benzene rings is 1. The summed E-state index contributed by atoms with van der Waals surface area (Å²) in [6.07, 6.45) is 0. The lowest BCUT2D eigenvalue weighted by Gasteiger charge is -1.97. The van der Waals surface area contributed by atoms with Crippen molar-refractivity contribution in [3.63, 3.8) is 0 Å². The molecule has 0 aliphatic carbocycles. The summed E-state index contributed by atoms with van der Waals surface area (Å²) in [5.74, 6) is 0.527. The van der Waals surface area contributed by atoms with E-state index in [1.807, 2.05) is 30.3 Å². The molecule has 1 aromatic rings. The third kappa shape index (κ3) is 3.51. The lowest BCUT2D eigenvalue weighted by molar-refractivity contribution is 0.327. The predicted molar refractivity (Wildman–Crippen MR) is 53.9 cm³/mol. The molecule has 3 nitrogen and oxygen atoms in total. The number of aliphatic imine (C=N–C) groups is 1. The summed E-state index contributed by atoms with van der Waals surface area (Å²) in [4.78, 5) is 8.87. The van der Waals surface area contributed by atoms with Crippen LogP contribution < -0.4 is 0 Å². The van der Waals surface area contributed by atoms with E-state index in [0.717, 1.165) is 5.56 Å². The average molecular weight is 176 g/mol. The van der Waals surface area contributed by atoms with Crippen molar-refractivity contribution in [2.45, 2.75) is 13.5 Å². The highest BCUT2D eigenvalue weighted by Gasteiger charge is 1.90. The summed E-state index contributed by atoms with van der Waals surface area (Å²) in [7, 11) is 0. The molecule has 0 fully saturated rings. The van der Waals surface area contributed by atoms with Crippen LogP contribution in [0.5, 0.6) is 0 Å². The molecule has 0 bridgehead atoms. The Morgan fingerprint density at radius 1 is 1.38 bits per heavy atom. The summed E-state index contributed by atoms with van der Waals surface area (Å²) in [5, 5.41) is 3.27. The molecule has 0 radical (unpaired) electrons. The van der Waals surface area contributed by atoms with Crippen molar-refractivity contribution in [2.75, 3.05) is 0 Å². The third-order valence-corrected chi connectivity index (χ3v) is 1.52. The fourth-order valence-corrected chi connectivity index (χ4v) is 0.908. The van der Waals surface area contributed by atoms with Crippen LogP contribution >= 0.6 is 0 Å². The zero-order valence-electron chi connectivity index (χ0n) is 7.60. The van der Waals surface area contributed by atoms with Crippen LogP contribution in [0.3, 0.4) is 0 Å². The second-order valence-corrected chi connectivity index (χ2v) is 2.54. The monoisotopic (exact) mass is 176 g/mol. The Labute approximate surface area is 77.7 Å². The Hall–Kier alpha value is -1.64. The highest BCUT2D eigenvalue weighted by Crippen LogP contribution is 2.00.